The van der Waals surface area contributed by atoms with Gasteiger partial charge in [0.05, 0.1) is 30.2 Å². The highest BCUT2D eigenvalue weighted by atomic mass is 32.2. The highest BCUT2D eigenvalue weighted by Gasteiger charge is 2.30. The smallest absolute Gasteiger partial charge is 0.375 e. The molecule has 0 amide bonds. The van der Waals surface area contributed by atoms with Crippen molar-refractivity contribution in [1.29, 1.82) is 0 Å². The maximum Gasteiger partial charge on any atom is 0.416 e. The molecule has 9 nitrogen and oxygen atoms in total. The lowest BCUT2D eigenvalue weighted by Crippen LogP contribution is -2.18. The van der Waals surface area contributed by atoms with Crippen LogP contribution in [-0.4, -0.2) is 42.3 Å². The summed E-state index contributed by atoms with van der Waals surface area (Å²) in [5, 5.41) is 15.4. The summed E-state index contributed by atoms with van der Waals surface area (Å²) in [6.07, 6.45) is -4.46. The Hall–Kier alpha value is -3.81. The summed E-state index contributed by atoms with van der Waals surface area (Å²) in [5.74, 6) is 0.130. The van der Waals surface area contributed by atoms with E-state index in [2.05, 4.69) is 25.4 Å². The largest absolute Gasteiger partial charge is 0.416 e. The maximum absolute atomic E-state index is 12.9. The highest BCUT2D eigenvalue weighted by molar-refractivity contribution is 7.89. The molecule has 0 atom stereocenters. The number of alkyl halides is 3. The standard InChI is InChI=1S/C24H23F3N6O3S/c1-28-37(34,35)20-11-12-22(29-19-9-7-18(8-10-19)24(25,26)27)21(15-20)23-30-32-33(31-23)13-14-36-16-17-5-3-2-4-6-17/h2-12,15,28-29H,13-14,16H2,1H3. The van der Waals surface area contributed by atoms with Gasteiger partial charge in [0.2, 0.25) is 15.8 Å². The Bertz CT molecular complexity index is 1440. The second kappa shape index (κ2) is 11.1. The minimum Gasteiger partial charge on any atom is -0.375 e. The van der Waals surface area contributed by atoms with Gasteiger partial charge >= 0.3 is 6.18 Å². The number of benzene rings is 3. The van der Waals surface area contributed by atoms with Crippen molar-refractivity contribution >= 4 is 21.4 Å². The van der Waals surface area contributed by atoms with E-state index in [1.165, 1.54) is 42.2 Å². The van der Waals surface area contributed by atoms with Gasteiger partial charge in [-0.25, -0.2) is 13.1 Å². The van der Waals surface area contributed by atoms with Gasteiger partial charge in [0.1, 0.15) is 0 Å². The fourth-order valence-electron chi connectivity index (χ4n) is 3.36. The van der Waals surface area contributed by atoms with E-state index in [0.29, 0.717) is 36.7 Å². The van der Waals surface area contributed by atoms with Crippen LogP contribution in [0.5, 0.6) is 0 Å². The molecule has 0 radical (unpaired) electrons. The number of aromatic nitrogens is 4. The van der Waals surface area contributed by atoms with E-state index < -0.39 is 21.8 Å². The van der Waals surface area contributed by atoms with Gasteiger partial charge < -0.3 is 10.1 Å². The molecule has 0 saturated heterocycles. The summed E-state index contributed by atoms with van der Waals surface area (Å²) in [6, 6.07) is 18.3. The average Bonchev–Trinajstić information content (AvgIpc) is 3.36. The summed E-state index contributed by atoms with van der Waals surface area (Å²) < 4.78 is 71.3. The van der Waals surface area contributed by atoms with E-state index in [1.807, 2.05) is 30.3 Å². The number of anilines is 2. The zero-order valence-corrected chi connectivity index (χ0v) is 20.4. The number of hydrogen-bond donors (Lipinski definition) is 2. The molecule has 37 heavy (non-hydrogen) atoms. The second-order valence-electron chi connectivity index (χ2n) is 7.86. The second-order valence-corrected chi connectivity index (χ2v) is 9.75. The van der Waals surface area contributed by atoms with E-state index in [4.69, 9.17) is 4.74 Å². The summed E-state index contributed by atoms with van der Waals surface area (Å²) in [4.78, 5) is 1.28. The molecule has 4 rings (SSSR count). The van der Waals surface area contributed by atoms with Crippen LogP contribution in [0.1, 0.15) is 11.1 Å². The van der Waals surface area contributed by atoms with E-state index >= 15 is 0 Å². The first-order valence-corrected chi connectivity index (χ1v) is 12.6. The molecule has 13 heteroatoms. The van der Waals surface area contributed by atoms with E-state index in [9.17, 15) is 21.6 Å². The molecule has 0 spiro atoms. The van der Waals surface area contributed by atoms with Gasteiger partial charge in [0.25, 0.3) is 0 Å². The minimum absolute atomic E-state index is 0.0366. The Labute approximate surface area is 211 Å². The van der Waals surface area contributed by atoms with E-state index in [1.54, 1.807) is 0 Å². The minimum atomic E-state index is -4.46. The quantitative estimate of drug-likeness (QED) is 0.294. The molecule has 0 aliphatic heterocycles. The number of ether oxygens (including phenoxy) is 1. The first-order valence-electron chi connectivity index (χ1n) is 11.1. The zero-order chi connectivity index (χ0) is 26.5. The molecule has 0 aliphatic rings. The molecule has 0 unspecified atom stereocenters. The van der Waals surface area contributed by atoms with Crippen molar-refractivity contribution in [2.75, 3.05) is 19.0 Å². The highest BCUT2D eigenvalue weighted by Crippen LogP contribution is 2.33. The van der Waals surface area contributed by atoms with Gasteiger partial charge in [0.15, 0.2) is 0 Å². The summed E-state index contributed by atoms with van der Waals surface area (Å²) in [5.41, 5.74) is 1.28. The molecule has 2 N–H and O–H groups in total. The lowest BCUT2D eigenvalue weighted by molar-refractivity contribution is -0.137. The Kier molecular flexibility index (Phi) is 7.86. The van der Waals surface area contributed by atoms with E-state index in [-0.39, 0.29) is 10.7 Å². The Morgan fingerprint density at radius 3 is 2.41 bits per heavy atom. The maximum atomic E-state index is 12.9. The summed E-state index contributed by atoms with van der Waals surface area (Å²) >= 11 is 0. The van der Waals surface area contributed by atoms with Crippen molar-refractivity contribution in [2.24, 2.45) is 0 Å². The number of hydrogen-bond acceptors (Lipinski definition) is 7. The number of halogens is 3. The normalized spacial score (nSPS) is 12.0. The van der Waals surface area contributed by atoms with Crippen LogP contribution in [-0.2, 0) is 34.1 Å². The molecule has 0 fully saturated rings. The molecular weight excluding hydrogens is 509 g/mol. The first kappa shape index (κ1) is 26.3. The van der Waals surface area contributed by atoms with Crippen molar-refractivity contribution in [1.82, 2.24) is 24.9 Å². The molecule has 1 aromatic heterocycles. The van der Waals surface area contributed by atoms with Gasteiger partial charge in [-0.15, -0.1) is 10.2 Å². The van der Waals surface area contributed by atoms with Crippen molar-refractivity contribution in [2.45, 2.75) is 24.2 Å². The number of sulfonamides is 1. The molecule has 3 aromatic carbocycles. The van der Waals surface area contributed by atoms with Crippen LogP contribution in [0.2, 0.25) is 0 Å². The van der Waals surface area contributed by atoms with Crippen molar-refractivity contribution < 1.29 is 26.3 Å². The van der Waals surface area contributed by atoms with Gasteiger partial charge in [-0.1, -0.05) is 30.3 Å². The fourth-order valence-corrected chi connectivity index (χ4v) is 4.11. The van der Waals surface area contributed by atoms with Crippen LogP contribution < -0.4 is 10.0 Å². The van der Waals surface area contributed by atoms with Crippen LogP contribution in [0.3, 0.4) is 0 Å². The molecule has 194 valence electrons. The monoisotopic (exact) mass is 532 g/mol. The molecule has 0 saturated carbocycles. The van der Waals surface area contributed by atoms with Gasteiger partial charge in [-0.05, 0) is 60.3 Å². The van der Waals surface area contributed by atoms with Crippen molar-refractivity contribution in [3.8, 4) is 11.4 Å². The van der Waals surface area contributed by atoms with Crippen molar-refractivity contribution in [3.05, 3.63) is 83.9 Å². The number of rotatable bonds is 10. The van der Waals surface area contributed by atoms with Crippen LogP contribution in [0.15, 0.2) is 77.7 Å². The molecule has 0 aliphatic carbocycles. The predicted octanol–water partition coefficient (Wildman–Crippen LogP) is 4.23. The topological polar surface area (TPSA) is 111 Å². The summed E-state index contributed by atoms with van der Waals surface area (Å²) in [7, 11) is -2.50. The molecule has 0 bridgehead atoms. The third kappa shape index (κ3) is 6.70. The fraction of sp³-hybridized carbons (Fsp3) is 0.208. The Morgan fingerprint density at radius 1 is 1.00 bits per heavy atom. The first-order chi connectivity index (χ1) is 17.7. The molecule has 4 aromatic rings. The third-order valence-corrected chi connectivity index (χ3v) is 6.71. The van der Waals surface area contributed by atoms with E-state index in [0.717, 1.165) is 17.7 Å². The van der Waals surface area contributed by atoms with Crippen molar-refractivity contribution in [3.63, 3.8) is 0 Å². The number of nitrogens with one attached hydrogen (secondary N) is 2. The lowest BCUT2D eigenvalue weighted by Gasteiger charge is -2.13. The summed E-state index contributed by atoms with van der Waals surface area (Å²) in [6.45, 7) is 1.04. The average molecular weight is 533 g/mol. The lowest BCUT2D eigenvalue weighted by atomic mass is 10.1. The number of nitrogens with zero attached hydrogens (tertiary/aromatic N) is 4. The molecule has 1 heterocycles. The predicted molar refractivity (Wildman–Crippen MR) is 130 cm³/mol. The molecular formula is C24H23F3N6O3S. The van der Waals surface area contributed by atoms with Crippen LogP contribution in [0.25, 0.3) is 11.4 Å². The zero-order valence-electron chi connectivity index (χ0n) is 19.6. The number of tetrazole rings is 1. The van der Waals surface area contributed by atoms with Crippen LogP contribution >= 0.6 is 0 Å². The third-order valence-electron chi connectivity index (χ3n) is 5.30. The van der Waals surface area contributed by atoms with Gasteiger partial charge in [-0.2, -0.15) is 18.0 Å². The Balaban J connectivity index is 1.55. The Morgan fingerprint density at radius 2 is 1.73 bits per heavy atom. The SMILES string of the molecule is CNS(=O)(=O)c1ccc(Nc2ccc(C(F)(F)F)cc2)c(-c2nnn(CCOCc3ccccc3)n2)c1. The van der Waals surface area contributed by atoms with Gasteiger partial charge in [-0.3, -0.25) is 0 Å². The van der Waals surface area contributed by atoms with Gasteiger partial charge in [0, 0.05) is 16.9 Å². The van der Waals surface area contributed by atoms with Crippen LogP contribution in [0, 0.1) is 0 Å². The van der Waals surface area contributed by atoms with Crippen LogP contribution in [0.4, 0.5) is 24.5 Å².